The summed E-state index contributed by atoms with van der Waals surface area (Å²) in [6, 6.07) is 0.314. The summed E-state index contributed by atoms with van der Waals surface area (Å²) < 4.78 is 10.6. The second-order valence-electron chi connectivity index (χ2n) is 23.4. The predicted molar refractivity (Wildman–Crippen MR) is 245 cm³/mol. The topological polar surface area (TPSA) is 126 Å². The standard InChI is InChI=1S/C52H88N4O6/c1-33(2)41-16-13-37(27-45(41)49(59)55-52-22-20-51(32-52,21-23-52)50(60)61-7)11-10-36(5)43-17-14-38(28-46(43)47(57)53-29-39-30-62-31-39)12-9-35(4)42-15-8-34(3)26-44(42)48(58)54-40-18-24-56(6)25-19-40/h33-46H,8-32H2,1-7H3,(H,53,57)(H,54,58)(H,55,59)/t34-,35?,36?,37-,38-,41+,42+,43+,44-,45?,46-,51?,52?/m1/s1. The zero-order chi connectivity index (χ0) is 44.2. The van der Waals surface area contributed by atoms with Crippen molar-refractivity contribution < 1.29 is 28.7 Å². The molecular weight excluding hydrogens is 777 g/mol. The Bertz CT molecular complexity index is 1520. The smallest absolute Gasteiger partial charge is 0.311 e. The molecule has 0 aromatic rings. The Balaban J connectivity index is 0.932. The van der Waals surface area contributed by atoms with Crippen molar-refractivity contribution in [3.63, 3.8) is 0 Å². The molecule has 3 unspecified atom stereocenters. The maximum absolute atomic E-state index is 14.2. The number of piperidine rings is 1. The van der Waals surface area contributed by atoms with E-state index in [1.807, 2.05) is 0 Å². The monoisotopic (exact) mass is 865 g/mol. The first kappa shape index (κ1) is 47.8. The van der Waals surface area contributed by atoms with Crippen LogP contribution >= 0.6 is 0 Å². The molecule has 0 aromatic carbocycles. The third kappa shape index (κ3) is 11.2. The lowest BCUT2D eigenvalue weighted by Crippen LogP contribution is -2.50. The summed E-state index contributed by atoms with van der Waals surface area (Å²) in [6.07, 6.45) is 20.5. The number of rotatable bonds is 17. The summed E-state index contributed by atoms with van der Waals surface area (Å²) in [4.78, 5) is 57.3. The molecule has 3 amide bonds. The van der Waals surface area contributed by atoms with Gasteiger partial charge in [0.05, 0.1) is 25.7 Å². The highest BCUT2D eigenvalue weighted by Crippen LogP contribution is 2.57. The van der Waals surface area contributed by atoms with E-state index in [0.29, 0.717) is 77.7 Å². The van der Waals surface area contributed by atoms with Crippen molar-refractivity contribution in [3.05, 3.63) is 0 Å². The number of hydrogen-bond acceptors (Lipinski definition) is 7. The fraction of sp³-hybridized carbons (Fsp3) is 0.923. The average Bonchev–Trinajstić information content (AvgIpc) is 3.81. The molecule has 62 heavy (non-hydrogen) atoms. The number of carbonyl (C=O) groups is 4. The number of methoxy groups -OCH3 is 1. The van der Waals surface area contributed by atoms with Gasteiger partial charge in [0.15, 0.2) is 0 Å². The summed E-state index contributed by atoms with van der Waals surface area (Å²) in [5.41, 5.74) is -0.669. The van der Waals surface area contributed by atoms with Crippen LogP contribution in [0.5, 0.6) is 0 Å². The minimum absolute atomic E-state index is 0.0138. The van der Waals surface area contributed by atoms with Gasteiger partial charge >= 0.3 is 5.97 Å². The van der Waals surface area contributed by atoms with E-state index in [2.05, 4.69) is 62.5 Å². The predicted octanol–water partition coefficient (Wildman–Crippen LogP) is 8.56. The molecule has 11 atom stereocenters. The molecule has 5 aliphatic carbocycles. The van der Waals surface area contributed by atoms with Gasteiger partial charge < -0.3 is 30.3 Å². The fourth-order valence-electron chi connectivity index (χ4n) is 14.4. The van der Waals surface area contributed by atoms with E-state index in [9.17, 15) is 19.2 Å². The molecule has 5 saturated carbocycles. The zero-order valence-electron chi connectivity index (χ0n) is 40.2. The van der Waals surface area contributed by atoms with Crippen LogP contribution < -0.4 is 16.0 Å². The van der Waals surface area contributed by atoms with Crippen molar-refractivity contribution in [2.45, 2.75) is 175 Å². The molecule has 7 aliphatic rings. The number of fused-ring (bicyclic) bond motifs is 2. The van der Waals surface area contributed by atoms with E-state index in [4.69, 9.17) is 9.47 Å². The van der Waals surface area contributed by atoms with Gasteiger partial charge in [0.1, 0.15) is 0 Å². The van der Waals surface area contributed by atoms with Crippen molar-refractivity contribution >= 4 is 23.7 Å². The largest absolute Gasteiger partial charge is 0.469 e. The Morgan fingerprint density at radius 2 is 1.26 bits per heavy atom. The van der Waals surface area contributed by atoms with Crippen molar-refractivity contribution in [3.8, 4) is 0 Å². The van der Waals surface area contributed by atoms with Crippen molar-refractivity contribution in [1.82, 2.24) is 20.9 Å². The summed E-state index contributed by atoms with van der Waals surface area (Å²) in [7, 11) is 3.67. The van der Waals surface area contributed by atoms with Crippen LogP contribution in [-0.4, -0.2) is 87.2 Å². The maximum atomic E-state index is 14.2. The lowest BCUT2D eigenvalue weighted by molar-refractivity contribution is -0.152. The van der Waals surface area contributed by atoms with Crippen LogP contribution in [0.1, 0.15) is 163 Å². The number of hydrogen-bond donors (Lipinski definition) is 3. The molecule has 10 nitrogen and oxygen atoms in total. The minimum Gasteiger partial charge on any atom is -0.469 e. The van der Waals surface area contributed by atoms with Crippen LogP contribution in [0, 0.1) is 82.3 Å². The number of nitrogens with zero attached hydrogens (tertiary/aromatic N) is 1. The van der Waals surface area contributed by atoms with E-state index in [0.717, 1.165) is 135 Å². The molecule has 7 fully saturated rings. The van der Waals surface area contributed by atoms with Gasteiger partial charge in [0.2, 0.25) is 17.7 Å². The van der Waals surface area contributed by atoms with Gasteiger partial charge in [-0.25, -0.2) is 0 Å². The molecule has 2 bridgehead atoms. The van der Waals surface area contributed by atoms with E-state index < -0.39 is 5.41 Å². The van der Waals surface area contributed by atoms with Crippen molar-refractivity contribution in [1.29, 1.82) is 0 Å². The Kier molecular flexibility index (Phi) is 16.1. The van der Waals surface area contributed by atoms with Gasteiger partial charge in [-0.15, -0.1) is 0 Å². The van der Waals surface area contributed by atoms with Gasteiger partial charge in [-0.3, -0.25) is 19.2 Å². The number of nitrogens with one attached hydrogen (secondary N) is 3. The number of carbonyl (C=O) groups excluding carboxylic acids is 4. The van der Waals surface area contributed by atoms with E-state index in [1.54, 1.807) is 0 Å². The van der Waals surface area contributed by atoms with Gasteiger partial charge in [0.25, 0.3) is 0 Å². The number of likely N-dealkylation sites (tertiary alicyclic amines) is 1. The lowest BCUT2D eigenvalue weighted by atomic mass is 9.64. The van der Waals surface area contributed by atoms with Crippen LogP contribution in [0.25, 0.3) is 0 Å². The van der Waals surface area contributed by atoms with Crippen LogP contribution in [0.3, 0.4) is 0 Å². The number of ether oxygens (including phenoxy) is 2. The quantitative estimate of drug-likeness (QED) is 0.125. The third-order valence-corrected chi connectivity index (χ3v) is 18.8. The second-order valence-corrected chi connectivity index (χ2v) is 23.4. The molecule has 3 N–H and O–H groups in total. The van der Waals surface area contributed by atoms with Crippen molar-refractivity contribution in [2.75, 3.05) is 47.0 Å². The van der Waals surface area contributed by atoms with E-state index in [-0.39, 0.29) is 41.1 Å². The van der Waals surface area contributed by atoms with E-state index in [1.165, 1.54) is 26.4 Å². The summed E-state index contributed by atoms with van der Waals surface area (Å²) >= 11 is 0. The second kappa shape index (κ2) is 21.0. The molecule has 10 heteroatoms. The van der Waals surface area contributed by atoms with Crippen LogP contribution in [-0.2, 0) is 28.7 Å². The first-order valence-corrected chi connectivity index (χ1v) is 25.9. The number of amides is 3. The molecule has 0 spiro atoms. The SMILES string of the molecule is COC(=O)C12CCC(NC(=O)C3C[C@H](CCC(C)[C@@H]4CC[C@@H](CCC(C)[C@@H]5CC[C@@H](C)C[C@H]5C(=O)NC5CCN(C)CC5)C[C@H]4C(=O)NCC4COC4)CC[C@H]3C(C)C)(CC1)C2. The van der Waals surface area contributed by atoms with Gasteiger partial charge in [0, 0.05) is 41.8 Å². The minimum atomic E-state index is -0.411. The highest BCUT2D eigenvalue weighted by atomic mass is 16.5. The van der Waals surface area contributed by atoms with Gasteiger partial charge in [-0.2, -0.15) is 0 Å². The van der Waals surface area contributed by atoms with E-state index >= 15 is 0 Å². The average molecular weight is 865 g/mol. The zero-order valence-corrected chi connectivity index (χ0v) is 40.2. The fourth-order valence-corrected chi connectivity index (χ4v) is 14.4. The normalized spacial score (nSPS) is 37.9. The third-order valence-electron chi connectivity index (χ3n) is 18.8. The maximum Gasteiger partial charge on any atom is 0.311 e. The first-order chi connectivity index (χ1) is 29.7. The highest BCUT2D eigenvalue weighted by molar-refractivity contribution is 5.82. The van der Waals surface area contributed by atoms with Gasteiger partial charge in [-0.1, -0.05) is 79.6 Å². The van der Waals surface area contributed by atoms with Crippen molar-refractivity contribution in [2.24, 2.45) is 82.3 Å². The molecule has 0 radical (unpaired) electrons. The molecule has 2 heterocycles. The summed E-state index contributed by atoms with van der Waals surface area (Å²) in [5.74, 6) is 5.53. The molecule has 7 rings (SSSR count). The van der Waals surface area contributed by atoms with Crippen LogP contribution in [0.2, 0.25) is 0 Å². The molecule has 2 aliphatic heterocycles. The first-order valence-electron chi connectivity index (χ1n) is 25.9. The number of esters is 1. The molecule has 2 saturated heterocycles. The molecular formula is C52H88N4O6. The Morgan fingerprint density at radius 3 is 1.82 bits per heavy atom. The molecule has 0 aromatic heterocycles. The molecule has 352 valence electrons. The van der Waals surface area contributed by atoms with Crippen LogP contribution in [0.4, 0.5) is 0 Å². The summed E-state index contributed by atoms with van der Waals surface area (Å²) in [5, 5.41) is 10.5. The van der Waals surface area contributed by atoms with Gasteiger partial charge in [-0.05, 0) is 157 Å². The Hall–Kier alpha value is -2.20. The highest BCUT2D eigenvalue weighted by Gasteiger charge is 2.60. The lowest BCUT2D eigenvalue weighted by Gasteiger charge is -2.42. The summed E-state index contributed by atoms with van der Waals surface area (Å²) in [6.45, 7) is 16.0. The van der Waals surface area contributed by atoms with Crippen LogP contribution in [0.15, 0.2) is 0 Å². The Morgan fingerprint density at radius 1 is 0.694 bits per heavy atom. The Labute approximate surface area is 376 Å².